The SMILES string of the molecule is CC(C)(C)c1ccccc1NCc1cccc(CN)c1. The highest BCUT2D eigenvalue weighted by atomic mass is 14.9. The molecule has 0 saturated carbocycles. The molecule has 2 aromatic rings. The molecule has 20 heavy (non-hydrogen) atoms. The number of anilines is 1. The quantitative estimate of drug-likeness (QED) is 0.877. The first kappa shape index (κ1) is 14.6. The average molecular weight is 268 g/mol. The van der Waals surface area contributed by atoms with Crippen molar-refractivity contribution in [3.05, 3.63) is 65.2 Å². The van der Waals surface area contributed by atoms with E-state index >= 15 is 0 Å². The Kier molecular flexibility index (Phi) is 4.46. The van der Waals surface area contributed by atoms with E-state index in [0.29, 0.717) is 6.54 Å². The van der Waals surface area contributed by atoms with Gasteiger partial charge in [0.15, 0.2) is 0 Å². The third-order valence-corrected chi connectivity index (χ3v) is 3.45. The minimum absolute atomic E-state index is 0.142. The fourth-order valence-electron chi connectivity index (χ4n) is 2.36. The summed E-state index contributed by atoms with van der Waals surface area (Å²) in [5, 5.41) is 3.55. The Morgan fingerprint density at radius 3 is 2.35 bits per heavy atom. The van der Waals surface area contributed by atoms with Crippen LogP contribution in [0.15, 0.2) is 48.5 Å². The molecule has 3 N–H and O–H groups in total. The number of rotatable bonds is 4. The summed E-state index contributed by atoms with van der Waals surface area (Å²) in [6.45, 7) is 8.13. The molecule has 0 bridgehead atoms. The van der Waals surface area contributed by atoms with Gasteiger partial charge >= 0.3 is 0 Å². The summed E-state index contributed by atoms with van der Waals surface area (Å²) >= 11 is 0. The molecule has 2 heteroatoms. The number of hydrogen-bond donors (Lipinski definition) is 2. The predicted octanol–water partition coefficient (Wildman–Crippen LogP) is 4.05. The minimum atomic E-state index is 0.142. The normalized spacial score (nSPS) is 11.4. The van der Waals surface area contributed by atoms with Crippen LogP contribution in [0.25, 0.3) is 0 Å². The van der Waals surface area contributed by atoms with Crippen LogP contribution in [0.2, 0.25) is 0 Å². The predicted molar refractivity (Wildman–Crippen MR) is 86.8 cm³/mol. The maximum atomic E-state index is 5.69. The van der Waals surface area contributed by atoms with Crippen LogP contribution < -0.4 is 11.1 Å². The van der Waals surface area contributed by atoms with Gasteiger partial charge in [-0.1, -0.05) is 63.2 Å². The molecule has 2 rings (SSSR count). The zero-order chi connectivity index (χ0) is 14.6. The van der Waals surface area contributed by atoms with Crippen molar-refractivity contribution in [3.8, 4) is 0 Å². The summed E-state index contributed by atoms with van der Waals surface area (Å²) in [4.78, 5) is 0. The third kappa shape index (κ3) is 3.61. The monoisotopic (exact) mass is 268 g/mol. The Morgan fingerprint density at radius 1 is 0.950 bits per heavy atom. The second-order valence-corrected chi connectivity index (χ2v) is 6.17. The molecule has 0 saturated heterocycles. The summed E-state index contributed by atoms with van der Waals surface area (Å²) in [6.07, 6.45) is 0. The van der Waals surface area contributed by atoms with Gasteiger partial charge in [-0.2, -0.15) is 0 Å². The van der Waals surface area contributed by atoms with Crippen LogP contribution >= 0.6 is 0 Å². The Labute approximate surface area is 122 Å². The molecule has 0 heterocycles. The van der Waals surface area contributed by atoms with Gasteiger partial charge in [0.1, 0.15) is 0 Å². The Morgan fingerprint density at radius 2 is 1.65 bits per heavy atom. The van der Waals surface area contributed by atoms with E-state index < -0.39 is 0 Å². The van der Waals surface area contributed by atoms with Gasteiger partial charge in [-0.15, -0.1) is 0 Å². The standard InChI is InChI=1S/C18H24N2/c1-18(2,3)16-9-4-5-10-17(16)20-13-15-8-6-7-14(11-15)12-19/h4-11,20H,12-13,19H2,1-3H3. The maximum Gasteiger partial charge on any atom is 0.0400 e. The van der Waals surface area contributed by atoms with E-state index in [1.54, 1.807) is 0 Å². The molecule has 2 aromatic carbocycles. The molecule has 2 nitrogen and oxygen atoms in total. The highest BCUT2D eigenvalue weighted by Crippen LogP contribution is 2.29. The fourth-order valence-corrected chi connectivity index (χ4v) is 2.36. The Balaban J connectivity index is 2.15. The zero-order valence-corrected chi connectivity index (χ0v) is 12.6. The van der Waals surface area contributed by atoms with Crippen LogP contribution in [0, 0.1) is 0 Å². The molecule has 0 aromatic heterocycles. The Bertz CT molecular complexity index is 568. The van der Waals surface area contributed by atoms with E-state index in [2.05, 4.69) is 74.6 Å². The summed E-state index contributed by atoms with van der Waals surface area (Å²) in [5.41, 5.74) is 10.8. The van der Waals surface area contributed by atoms with Crippen LogP contribution in [0.5, 0.6) is 0 Å². The Hall–Kier alpha value is -1.80. The number of para-hydroxylation sites is 1. The van der Waals surface area contributed by atoms with E-state index in [1.807, 2.05) is 0 Å². The van der Waals surface area contributed by atoms with Crippen molar-refractivity contribution in [1.82, 2.24) is 0 Å². The van der Waals surface area contributed by atoms with E-state index in [1.165, 1.54) is 22.4 Å². The number of nitrogens with one attached hydrogen (secondary N) is 1. The van der Waals surface area contributed by atoms with E-state index in [9.17, 15) is 0 Å². The van der Waals surface area contributed by atoms with Crippen molar-refractivity contribution in [2.45, 2.75) is 39.3 Å². The van der Waals surface area contributed by atoms with Crippen LogP contribution in [0.1, 0.15) is 37.5 Å². The number of nitrogens with two attached hydrogens (primary N) is 1. The first-order valence-corrected chi connectivity index (χ1v) is 7.12. The second-order valence-electron chi connectivity index (χ2n) is 6.17. The third-order valence-electron chi connectivity index (χ3n) is 3.45. The molecular formula is C18H24N2. The zero-order valence-electron chi connectivity index (χ0n) is 12.6. The molecular weight excluding hydrogens is 244 g/mol. The van der Waals surface area contributed by atoms with Crippen molar-refractivity contribution >= 4 is 5.69 Å². The molecule has 0 aliphatic rings. The minimum Gasteiger partial charge on any atom is -0.381 e. The first-order valence-electron chi connectivity index (χ1n) is 7.12. The van der Waals surface area contributed by atoms with Crippen molar-refractivity contribution in [3.63, 3.8) is 0 Å². The van der Waals surface area contributed by atoms with Gasteiger partial charge in [0.05, 0.1) is 0 Å². The molecule has 0 aliphatic heterocycles. The van der Waals surface area contributed by atoms with Crippen LogP contribution in [-0.4, -0.2) is 0 Å². The highest BCUT2D eigenvalue weighted by molar-refractivity contribution is 5.54. The van der Waals surface area contributed by atoms with Gasteiger partial charge in [0, 0.05) is 18.8 Å². The van der Waals surface area contributed by atoms with Crippen LogP contribution in [-0.2, 0) is 18.5 Å². The smallest absolute Gasteiger partial charge is 0.0400 e. The van der Waals surface area contributed by atoms with E-state index in [-0.39, 0.29) is 5.41 Å². The van der Waals surface area contributed by atoms with Gasteiger partial charge in [-0.3, -0.25) is 0 Å². The molecule has 0 amide bonds. The van der Waals surface area contributed by atoms with E-state index in [0.717, 1.165) is 6.54 Å². The molecule has 106 valence electrons. The topological polar surface area (TPSA) is 38.0 Å². The van der Waals surface area contributed by atoms with Crippen molar-refractivity contribution < 1.29 is 0 Å². The molecule has 0 atom stereocenters. The average Bonchev–Trinajstić information content (AvgIpc) is 2.44. The lowest BCUT2D eigenvalue weighted by molar-refractivity contribution is 0.591. The lowest BCUT2D eigenvalue weighted by atomic mass is 9.86. The van der Waals surface area contributed by atoms with Crippen molar-refractivity contribution in [2.24, 2.45) is 5.73 Å². The molecule has 0 radical (unpaired) electrons. The highest BCUT2D eigenvalue weighted by Gasteiger charge is 2.16. The van der Waals surface area contributed by atoms with Gasteiger partial charge in [-0.25, -0.2) is 0 Å². The lowest BCUT2D eigenvalue weighted by Gasteiger charge is -2.23. The molecule has 0 aliphatic carbocycles. The van der Waals surface area contributed by atoms with Gasteiger partial charge in [0.2, 0.25) is 0 Å². The summed E-state index contributed by atoms with van der Waals surface area (Å²) in [5.74, 6) is 0. The maximum absolute atomic E-state index is 5.69. The molecule has 0 unspecified atom stereocenters. The van der Waals surface area contributed by atoms with Crippen molar-refractivity contribution in [2.75, 3.05) is 5.32 Å². The van der Waals surface area contributed by atoms with Gasteiger partial charge in [-0.05, 0) is 28.2 Å². The van der Waals surface area contributed by atoms with Gasteiger partial charge in [0.25, 0.3) is 0 Å². The largest absolute Gasteiger partial charge is 0.381 e. The first-order chi connectivity index (χ1) is 9.50. The molecule has 0 fully saturated rings. The van der Waals surface area contributed by atoms with Crippen LogP contribution in [0.3, 0.4) is 0 Å². The number of benzene rings is 2. The van der Waals surface area contributed by atoms with Crippen LogP contribution in [0.4, 0.5) is 5.69 Å². The van der Waals surface area contributed by atoms with Crippen molar-refractivity contribution in [1.29, 1.82) is 0 Å². The van der Waals surface area contributed by atoms with Gasteiger partial charge < -0.3 is 11.1 Å². The van der Waals surface area contributed by atoms with E-state index in [4.69, 9.17) is 5.73 Å². The summed E-state index contributed by atoms with van der Waals surface area (Å²) in [7, 11) is 0. The lowest BCUT2D eigenvalue weighted by Crippen LogP contribution is -2.14. The molecule has 0 spiro atoms. The summed E-state index contributed by atoms with van der Waals surface area (Å²) < 4.78 is 0. The number of hydrogen-bond acceptors (Lipinski definition) is 2. The summed E-state index contributed by atoms with van der Waals surface area (Å²) in [6, 6.07) is 16.9. The second kappa shape index (κ2) is 6.10. The fraction of sp³-hybridized carbons (Fsp3) is 0.333.